The Morgan fingerprint density at radius 3 is 2.78 bits per heavy atom. The van der Waals surface area contributed by atoms with Gasteiger partial charge in [-0.3, -0.25) is 0 Å². The molecular formula is C30H31N3O3S. The summed E-state index contributed by atoms with van der Waals surface area (Å²) < 4.78 is 13.7. The molecule has 2 aliphatic rings. The third kappa shape index (κ3) is 4.27. The number of nitrogens with one attached hydrogen (secondary N) is 1. The molecule has 0 radical (unpaired) electrons. The van der Waals surface area contributed by atoms with Crippen molar-refractivity contribution in [1.82, 2.24) is 9.47 Å². The number of amides is 2. The van der Waals surface area contributed by atoms with Gasteiger partial charge in [-0.1, -0.05) is 24.3 Å². The second-order valence-corrected chi connectivity index (χ2v) is 10.5. The fraction of sp³-hybridized carbons (Fsp3) is 0.300. The molecule has 6 nitrogen and oxygen atoms in total. The van der Waals surface area contributed by atoms with Gasteiger partial charge in [-0.15, -0.1) is 11.3 Å². The zero-order valence-corrected chi connectivity index (χ0v) is 22.0. The Morgan fingerprint density at radius 2 is 1.92 bits per heavy atom. The molecule has 37 heavy (non-hydrogen) atoms. The van der Waals surface area contributed by atoms with Crippen molar-refractivity contribution in [2.45, 2.75) is 45.2 Å². The first kappa shape index (κ1) is 23.7. The Balaban J connectivity index is 1.49. The number of fused-ring (bicyclic) bond motifs is 5. The molecule has 1 unspecified atom stereocenters. The quantitative estimate of drug-likeness (QED) is 0.314. The summed E-state index contributed by atoms with van der Waals surface area (Å²) >= 11 is 1.89. The van der Waals surface area contributed by atoms with E-state index in [4.69, 9.17) is 9.47 Å². The summed E-state index contributed by atoms with van der Waals surface area (Å²) in [5.74, 6) is 1.44. The van der Waals surface area contributed by atoms with E-state index in [1.807, 2.05) is 59.6 Å². The van der Waals surface area contributed by atoms with Gasteiger partial charge in [0.25, 0.3) is 0 Å². The van der Waals surface area contributed by atoms with Crippen LogP contribution in [-0.4, -0.2) is 29.2 Å². The zero-order chi connectivity index (χ0) is 25.4. The molecule has 3 heterocycles. The van der Waals surface area contributed by atoms with Gasteiger partial charge < -0.3 is 24.3 Å². The third-order valence-corrected chi connectivity index (χ3v) is 8.61. The van der Waals surface area contributed by atoms with Crippen LogP contribution in [0.1, 0.15) is 53.1 Å². The predicted molar refractivity (Wildman–Crippen MR) is 147 cm³/mol. The number of aryl methyl sites for hydroxylation is 1. The maximum atomic E-state index is 14.1. The molecule has 0 saturated heterocycles. The predicted octanol–water partition coefficient (Wildman–Crippen LogP) is 6.96. The lowest BCUT2D eigenvalue weighted by Crippen LogP contribution is -2.38. The summed E-state index contributed by atoms with van der Waals surface area (Å²) in [6.07, 6.45) is 6.76. The maximum absolute atomic E-state index is 14.1. The molecule has 2 aromatic carbocycles. The number of carbonyl (C=O) groups excluding carboxylic acids is 1. The normalized spacial score (nSPS) is 16.3. The van der Waals surface area contributed by atoms with Gasteiger partial charge in [-0.2, -0.15) is 0 Å². The number of aromatic nitrogens is 1. The number of benzene rings is 2. The summed E-state index contributed by atoms with van der Waals surface area (Å²) in [6, 6.07) is 19.4. The number of carbonyl (C=O) groups is 1. The van der Waals surface area contributed by atoms with E-state index in [9.17, 15) is 4.79 Å². The van der Waals surface area contributed by atoms with Crippen LogP contribution in [-0.2, 0) is 19.4 Å². The topological polar surface area (TPSA) is 55.7 Å². The van der Waals surface area contributed by atoms with Crippen molar-refractivity contribution < 1.29 is 14.3 Å². The third-order valence-electron chi connectivity index (χ3n) is 7.27. The molecule has 2 aromatic heterocycles. The van der Waals surface area contributed by atoms with Crippen LogP contribution in [0.25, 0.3) is 5.00 Å². The van der Waals surface area contributed by atoms with E-state index < -0.39 is 0 Å². The minimum atomic E-state index is -0.288. The van der Waals surface area contributed by atoms with Crippen LogP contribution in [0.4, 0.5) is 10.5 Å². The molecule has 190 valence electrons. The smallest absolute Gasteiger partial charge is 0.323 e. The highest BCUT2D eigenvalue weighted by atomic mass is 32.1. The highest BCUT2D eigenvalue weighted by Gasteiger charge is 2.36. The molecule has 0 bridgehead atoms. The molecule has 4 aromatic rings. The van der Waals surface area contributed by atoms with Crippen LogP contribution in [0.15, 0.2) is 66.9 Å². The van der Waals surface area contributed by atoms with E-state index in [0.717, 1.165) is 29.8 Å². The number of nitrogens with zero attached hydrogens (tertiary/aromatic N) is 2. The van der Waals surface area contributed by atoms with Gasteiger partial charge in [-0.25, -0.2) is 4.79 Å². The van der Waals surface area contributed by atoms with E-state index in [-0.39, 0.29) is 12.1 Å². The zero-order valence-electron chi connectivity index (χ0n) is 21.2. The lowest BCUT2D eigenvalue weighted by atomic mass is 9.95. The van der Waals surface area contributed by atoms with Crippen LogP contribution in [0.2, 0.25) is 0 Å². The van der Waals surface area contributed by atoms with Crippen LogP contribution in [0.3, 0.4) is 0 Å². The van der Waals surface area contributed by atoms with Gasteiger partial charge in [0, 0.05) is 16.6 Å². The number of anilines is 1. The number of urea groups is 1. The average Bonchev–Trinajstić information content (AvgIpc) is 3.51. The Labute approximate surface area is 221 Å². The highest BCUT2D eigenvalue weighted by molar-refractivity contribution is 7.15. The fourth-order valence-corrected chi connectivity index (χ4v) is 7.02. The SMILES string of the molecule is CCOc1cccc(C2c3cccn3-c3sc4c(c3CN2C(=O)Nc2ccccc2OC)CCCC4)c1. The van der Waals surface area contributed by atoms with Gasteiger partial charge in [0.15, 0.2) is 0 Å². The first-order chi connectivity index (χ1) is 18.2. The van der Waals surface area contributed by atoms with E-state index >= 15 is 0 Å². The number of rotatable bonds is 5. The lowest BCUT2D eigenvalue weighted by Gasteiger charge is -2.32. The van der Waals surface area contributed by atoms with E-state index in [1.54, 1.807) is 7.11 Å². The summed E-state index contributed by atoms with van der Waals surface area (Å²) in [4.78, 5) is 17.6. The number of methoxy groups -OCH3 is 1. The Morgan fingerprint density at radius 1 is 1.05 bits per heavy atom. The number of hydrogen-bond donors (Lipinski definition) is 1. The first-order valence-electron chi connectivity index (χ1n) is 12.9. The Bertz CT molecular complexity index is 1440. The molecule has 6 rings (SSSR count). The molecule has 0 fully saturated rings. The largest absolute Gasteiger partial charge is 0.495 e. The molecule has 1 N–H and O–H groups in total. The van der Waals surface area contributed by atoms with Crippen molar-refractivity contribution in [3.63, 3.8) is 0 Å². The van der Waals surface area contributed by atoms with Crippen LogP contribution < -0.4 is 14.8 Å². The summed E-state index contributed by atoms with van der Waals surface area (Å²) in [7, 11) is 1.62. The van der Waals surface area contributed by atoms with Crippen LogP contribution in [0.5, 0.6) is 11.5 Å². The average molecular weight is 514 g/mol. The van der Waals surface area contributed by atoms with Crippen molar-refractivity contribution in [1.29, 1.82) is 0 Å². The summed E-state index contributed by atoms with van der Waals surface area (Å²) in [5, 5.41) is 4.39. The van der Waals surface area contributed by atoms with Gasteiger partial charge in [0.2, 0.25) is 0 Å². The van der Waals surface area contributed by atoms with Crippen molar-refractivity contribution in [3.8, 4) is 16.5 Å². The standard InChI is InChI=1S/C30H31N3O3S/c1-3-36-21-11-8-10-20(18-21)28-25-14-9-17-32(25)29-23(22-12-4-7-16-27(22)37-29)19-33(28)30(34)31-24-13-5-6-15-26(24)35-2/h5-6,8-11,13-15,17-18,28H,3-4,7,12,16,19H2,1-2H3,(H,31,34). The highest BCUT2D eigenvalue weighted by Crippen LogP contribution is 2.44. The van der Waals surface area contributed by atoms with Crippen LogP contribution >= 0.6 is 11.3 Å². The van der Waals surface area contributed by atoms with Crippen molar-refractivity contribution in [2.75, 3.05) is 19.0 Å². The molecule has 1 aliphatic carbocycles. The van der Waals surface area contributed by atoms with Crippen molar-refractivity contribution in [3.05, 3.63) is 94.1 Å². The minimum Gasteiger partial charge on any atom is -0.495 e. The number of hydrogen-bond acceptors (Lipinski definition) is 4. The molecule has 1 atom stereocenters. The number of para-hydroxylation sites is 2. The number of ether oxygens (including phenoxy) is 2. The van der Waals surface area contributed by atoms with E-state index in [1.165, 1.54) is 33.8 Å². The lowest BCUT2D eigenvalue weighted by molar-refractivity contribution is 0.194. The van der Waals surface area contributed by atoms with E-state index in [2.05, 4.69) is 40.3 Å². The van der Waals surface area contributed by atoms with Crippen LogP contribution in [0, 0.1) is 0 Å². The van der Waals surface area contributed by atoms with Crippen molar-refractivity contribution >= 4 is 23.1 Å². The minimum absolute atomic E-state index is 0.160. The van der Waals surface area contributed by atoms with Gasteiger partial charge >= 0.3 is 6.03 Å². The monoisotopic (exact) mass is 513 g/mol. The first-order valence-corrected chi connectivity index (χ1v) is 13.7. The second-order valence-electron chi connectivity index (χ2n) is 9.46. The Hall–Kier alpha value is -3.71. The fourth-order valence-electron chi connectivity index (χ4n) is 5.61. The van der Waals surface area contributed by atoms with Gasteiger partial charge in [0.1, 0.15) is 16.5 Å². The molecule has 2 amide bonds. The van der Waals surface area contributed by atoms with Gasteiger partial charge in [0.05, 0.1) is 37.7 Å². The molecule has 1 aliphatic heterocycles. The second kappa shape index (κ2) is 9.98. The molecule has 0 spiro atoms. The summed E-state index contributed by atoms with van der Waals surface area (Å²) in [5.41, 5.74) is 5.45. The van der Waals surface area contributed by atoms with Gasteiger partial charge in [-0.05, 0) is 80.1 Å². The Kier molecular flexibility index (Phi) is 6.38. The van der Waals surface area contributed by atoms with Crippen molar-refractivity contribution in [2.24, 2.45) is 0 Å². The molecule has 0 saturated carbocycles. The summed E-state index contributed by atoms with van der Waals surface area (Å²) in [6.45, 7) is 3.11. The molecule has 7 heteroatoms. The van der Waals surface area contributed by atoms with E-state index in [0.29, 0.717) is 24.6 Å². The molecular weight excluding hydrogens is 482 g/mol. The maximum Gasteiger partial charge on any atom is 0.323 e. The number of thiophene rings is 1.